The van der Waals surface area contributed by atoms with Crippen LogP contribution in [0.2, 0.25) is 0 Å². The first-order valence-corrected chi connectivity index (χ1v) is 10.0. The van der Waals surface area contributed by atoms with Crippen molar-refractivity contribution in [3.8, 4) is 5.75 Å². The monoisotopic (exact) mass is 516 g/mol. The summed E-state index contributed by atoms with van der Waals surface area (Å²) in [7, 11) is 7.13. The number of methoxy groups -OCH3 is 1. The normalized spacial score (nSPS) is 16.0. The average molecular weight is 516 g/mol. The van der Waals surface area contributed by atoms with Gasteiger partial charge < -0.3 is 20.3 Å². The van der Waals surface area contributed by atoms with Gasteiger partial charge in [-0.2, -0.15) is 0 Å². The fourth-order valence-electron chi connectivity index (χ4n) is 3.92. The second-order valence-electron chi connectivity index (χ2n) is 8.58. The Balaban J connectivity index is 0.00000420. The molecule has 1 saturated carbocycles. The van der Waals surface area contributed by atoms with E-state index in [1.165, 1.54) is 5.56 Å². The molecule has 0 aromatic heterocycles. The molecule has 164 valence electrons. The predicted octanol–water partition coefficient (Wildman–Crippen LogP) is 3.40. The van der Waals surface area contributed by atoms with E-state index in [1.54, 1.807) is 19.1 Å². The molecular formula is C22H37IN4O2. The third-order valence-electron chi connectivity index (χ3n) is 5.79. The number of rotatable bonds is 7. The Bertz CT molecular complexity index is 698. The van der Waals surface area contributed by atoms with E-state index in [1.807, 2.05) is 26.2 Å². The van der Waals surface area contributed by atoms with Crippen LogP contribution in [0, 0.1) is 5.41 Å². The summed E-state index contributed by atoms with van der Waals surface area (Å²) in [6.45, 7) is 5.71. The van der Waals surface area contributed by atoms with Gasteiger partial charge in [-0.25, -0.2) is 0 Å². The van der Waals surface area contributed by atoms with Gasteiger partial charge in [0, 0.05) is 39.6 Å². The molecule has 6 nitrogen and oxygen atoms in total. The van der Waals surface area contributed by atoms with Crippen molar-refractivity contribution in [2.75, 3.05) is 41.3 Å². The molecule has 29 heavy (non-hydrogen) atoms. The van der Waals surface area contributed by atoms with Gasteiger partial charge in [0.2, 0.25) is 5.91 Å². The topological polar surface area (TPSA) is 66.0 Å². The number of halogens is 1. The van der Waals surface area contributed by atoms with Gasteiger partial charge in [0.1, 0.15) is 5.75 Å². The number of guanidine groups is 1. The van der Waals surface area contributed by atoms with Crippen molar-refractivity contribution in [3.05, 3.63) is 29.8 Å². The SMILES string of the molecule is CN=C(NCC1(C(=O)N(C)C)CCCC1)NCC(C)(C)c1cccc(OC)c1.I. The minimum absolute atomic E-state index is 0. The Hall–Kier alpha value is -1.51. The number of carbonyl (C=O) groups excluding carboxylic acids is 1. The zero-order valence-electron chi connectivity index (χ0n) is 18.7. The van der Waals surface area contributed by atoms with Gasteiger partial charge in [0.15, 0.2) is 5.96 Å². The first-order chi connectivity index (χ1) is 13.2. The van der Waals surface area contributed by atoms with Crippen LogP contribution in [0.5, 0.6) is 5.75 Å². The van der Waals surface area contributed by atoms with Crippen LogP contribution in [0.4, 0.5) is 0 Å². The fraction of sp³-hybridized carbons (Fsp3) is 0.636. The zero-order valence-corrected chi connectivity index (χ0v) is 21.0. The molecule has 0 radical (unpaired) electrons. The van der Waals surface area contributed by atoms with Crippen molar-refractivity contribution in [1.82, 2.24) is 15.5 Å². The van der Waals surface area contributed by atoms with Crippen LogP contribution in [0.25, 0.3) is 0 Å². The van der Waals surface area contributed by atoms with Gasteiger partial charge in [-0.1, -0.05) is 38.8 Å². The molecule has 0 bridgehead atoms. The molecule has 2 N–H and O–H groups in total. The highest BCUT2D eigenvalue weighted by molar-refractivity contribution is 14.0. The van der Waals surface area contributed by atoms with Crippen molar-refractivity contribution in [3.63, 3.8) is 0 Å². The Morgan fingerprint density at radius 1 is 1.24 bits per heavy atom. The van der Waals surface area contributed by atoms with Crippen LogP contribution in [-0.4, -0.2) is 58.1 Å². The summed E-state index contributed by atoms with van der Waals surface area (Å²) in [6.07, 6.45) is 4.08. The highest BCUT2D eigenvalue weighted by Gasteiger charge is 2.42. The first-order valence-electron chi connectivity index (χ1n) is 10.0. The molecule has 7 heteroatoms. The van der Waals surface area contributed by atoms with Gasteiger partial charge in [0.05, 0.1) is 12.5 Å². The van der Waals surface area contributed by atoms with Gasteiger partial charge in [-0.3, -0.25) is 9.79 Å². The van der Waals surface area contributed by atoms with E-state index >= 15 is 0 Å². The molecule has 0 aliphatic heterocycles. The molecule has 0 atom stereocenters. The third-order valence-corrected chi connectivity index (χ3v) is 5.79. The molecule has 0 spiro atoms. The first kappa shape index (κ1) is 25.5. The van der Waals surface area contributed by atoms with E-state index in [0.717, 1.165) is 37.4 Å². The van der Waals surface area contributed by atoms with Gasteiger partial charge in [0.25, 0.3) is 0 Å². The number of nitrogens with one attached hydrogen (secondary N) is 2. The van der Waals surface area contributed by atoms with E-state index in [2.05, 4.69) is 41.6 Å². The lowest BCUT2D eigenvalue weighted by atomic mass is 9.84. The van der Waals surface area contributed by atoms with E-state index in [4.69, 9.17) is 4.74 Å². The molecule has 1 aromatic rings. The summed E-state index contributed by atoms with van der Waals surface area (Å²) >= 11 is 0. The van der Waals surface area contributed by atoms with Crippen LogP contribution >= 0.6 is 24.0 Å². The number of ether oxygens (including phenoxy) is 1. The summed E-state index contributed by atoms with van der Waals surface area (Å²) in [5.74, 6) is 1.80. The Kier molecular flexibility index (Phi) is 9.71. The largest absolute Gasteiger partial charge is 0.497 e. The van der Waals surface area contributed by atoms with Gasteiger partial charge in [-0.15, -0.1) is 24.0 Å². The maximum Gasteiger partial charge on any atom is 0.230 e. The highest BCUT2D eigenvalue weighted by atomic mass is 127. The molecule has 1 aromatic carbocycles. The van der Waals surface area contributed by atoms with E-state index in [0.29, 0.717) is 13.1 Å². The highest BCUT2D eigenvalue weighted by Crippen LogP contribution is 2.38. The van der Waals surface area contributed by atoms with Crippen LogP contribution in [-0.2, 0) is 10.2 Å². The summed E-state index contributed by atoms with van der Waals surface area (Å²) in [5.41, 5.74) is 0.782. The van der Waals surface area contributed by atoms with E-state index < -0.39 is 0 Å². The fourth-order valence-corrected chi connectivity index (χ4v) is 3.92. The second kappa shape index (κ2) is 11.0. The lowest BCUT2D eigenvalue weighted by Crippen LogP contribution is -2.50. The van der Waals surface area contributed by atoms with Crippen molar-refractivity contribution in [2.24, 2.45) is 10.4 Å². The van der Waals surface area contributed by atoms with Gasteiger partial charge in [-0.05, 0) is 30.5 Å². The maximum atomic E-state index is 12.7. The summed E-state index contributed by atoms with van der Waals surface area (Å²) in [6, 6.07) is 8.15. The summed E-state index contributed by atoms with van der Waals surface area (Å²) in [4.78, 5) is 18.8. The Morgan fingerprint density at radius 3 is 2.45 bits per heavy atom. The maximum absolute atomic E-state index is 12.7. The minimum Gasteiger partial charge on any atom is -0.497 e. The lowest BCUT2D eigenvalue weighted by molar-refractivity contribution is -0.138. The van der Waals surface area contributed by atoms with E-state index in [-0.39, 0.29) is 40.7 Å². The Labute approximate surface area is 192 Å². The Morgan fingerprint density at radius 2 is 1.90 bits per heavy atom. The standard InChI is InChI=1S/C22H36N4O2.HI/c1-21(2,17-10-9-11-18(14-17)28-6)15-24-20(23-3)25-16-22(12-7-8-13-22)19(27)26(4)5;/h9-11,14H,7-8,12-13,15-16H2,1-6H3,(H2,23,24,25);1H. The molecule has 1 fully saturated rings. The molecule has 1 aliphatic carbocycles. The molecule has 2 rings (SSSR count). The molecule has 1 aliphatic rings. The number of hydrogen-bond acceptors (Lipinski definition) is 3. The quantitative estimate of drug-likeness (QED) is 0.331. The molecule has 0 unspecified atom stereocenters. The minimum atomic E-state index is -0.316. The van der Waals surface area contributed by atoms with Crippen molar-refractivity contribution in [2.45, 2.75) is 44.9 Å². The number of amides is 1. The van der Waals surface area contributed by atoms with Crippen LogP contribution in [0.3, 0.4) is 0 Å². The molecule has 0 saturated heterocycles. The van der Waals surface area contributed by atoms with E-state index in [9.17, 15) is 4.79 Å². The molecule has 1 amide bonds. The summed E-state index contributed by atoms with van der Waals surface area (Å²) in [5, 5.41) is 6.83. The van der Waals surface area contributed by atoms with Crippen LogP contribution in [0.15, 0.2) is 29.3 Å². The number of hydrogen-bond donors (Lipinski definition) is 2. The number of aliphatic imine (C=N–C) groups is 1. The third kappa shape index (κ3) is 6.49. The average Bonchev–Trinajstić information content (AvgIpc) is 3.17. The second-order valence-corrected chi connectivity index (χ2v) is 8.58. The molecule has 0 heterocycles. The lowest BCUT2D eigenvalue weighted by Gasteiger charge is -2.32. The zero-order chi connectivity index (χ0) is 20.8. The molecular weight excluding hydrogens is 479 g/mol. The van der Waals surface area contributed by atoms with Crippen molar-refractivity contribution in [1.29, 1.82) is 0 Å². The number of nitrogens with zero attached hydrogens (tertiary/aromatic N) is 2. The smallest absolute Gasteiger partial charge is 0.230 e. The number of benzene rings is 1. The van der Waals surface area contributed by atoms with Crippen molar-refractivity contribution < 1.29 is 9.53 Å². The van der Waals surface area contributed by atoms with Crippen LogP contribution < -0.4 is 15.4 Å². The number of carbonyl (C=O) groups is 1. The summed E-state index contributed by atoms with van der Waals surface area (Å²) < 4.78 is 5.35. The van der Waals surface area contributed by atoms with Gasteiger partial charge >= 0.3 is 0 Å². The predicted molar refractivity (Wildman–Crippen MR) is 130 cm³/mol. The van der Waals surface area contributed by atoms with Crippen molar-refractivity contribution >= 4 is 35.8 Å². The van der Waals surface area contributed by atoms with Crippen LogP contribution in [0.1, 0.15) is 45.1 Å².